The van der Waals surface area contributed by atoms with Crippen molar-refractivity contribution in [1.29, 1.82) is 0 Å². The molecular formula is C27H26FN7O4. The summed E-state index contributed by atoms with van der Waals surface area (Å²) in [6.45, 7) is 2.97. The smallest absolute Gasteiger partial charge is 0.177 e. The number of ether oxygens (including phenoxy) is 2. The lowest BCUT2D eigenvalue weighted by Crippen LogP contribution is -2.19. The van der Waals surface area contributed by atoms with Crippen LogP contribution < -0.4 is 15.2 Å². The van der Waals surface area contributed by atoms with Crippen LogP contribution in [-0.2, 0) is 6.61 Å². The van der Waals surface area contributed by atoms with Gasteiger partial charge in [-0.05, 0) is 31.4 Å². The van der Waals surface area contributed by atoms with Gasteiger partial charge in [0.1, 0.15) is 53.6 Å². The summed E-state index contributed by atoms with van der Waals surface area (Å²) < 4.78 is 27.1. The maximum Gasteiger partial charge on any atom is 0.177 e. The van der Waals surface area contributed by atoms with E-state index in [0.29, 0.717) is 28.1 Å². The zero-order valence-corrected chi connectivity index (χ0v) is 21.2. The molecule has 0 fully saturated rings. The second-order valence-corrected chi connectivity index (χ2v) is 8.45. The van der Waals surface area contributed by atoms with Gasteiger partial charge in [-0.2, -0.15) is 5.10 Å². The fourth-order valence-corrected chi connectivity index (χ4v) is 3.60. The highest BCUT2D eigenvalue weighted by atomic mass is 19.1. The SMILES string of the molecule is C#CC(=CC=C(C)c1nn(C(CO)CO)c2ncnc(N)c12)Oc1cc(F)cc(OCc2cnc(C)nc2)c1. The van der Waals surface area contributed by atoms with E-state index < -0.39 is 11.9 Å². The Bertz CT molecular complexity index is 1570. The predicted octanol–water partition coefficient (Wildman–Crippen LogP) is 2.75. The molecule has 200 valence electrons. The number of aliphatic hydroxyl groups is 2. The number of terminal acetylenes is 1. The van der Waals surface area contributed by atoms with Gasteiger partial charge in [-0.25, -0.2) is 29.0 Å². The van der Waals surface area contributed by atoms with Crippen LogP contribution in [0.4, 0.5) is 10.2 Å². The number of aromatic nitrogens is 6. The molecule has 0 aliphatic rings. The van der Waals surface area contributed by atoms with Crippen molar-refractivity contribution >= 4 is 22.4 Å². The highest BCUT2D eigenvalue weighted by molar-refractivity contribution is 5.95. The van der Waals surface area contributed by atoms with Crippen molar-refractivity contribution in [3.8, 4) is 23.8 Å². The van der Waals surface area contributed by atoms with Gasteiger partial charge >= 0.3 is 0 Å². The van der Waals surface area contributed by atoms with E-state index in [4.69, 9.17) is 21.6 Å². The second kappa shape index (κ2) is 12.1. The average Bonchev–Trinajstić information content (AvgIpc) is 3.32. The van der Waals surface area contributed by atoms with Crippen molar-refractivity contribution in [2.45, 2.75) is 26.5 Å². The Kier molecular flexibility index (Phi) is 8.45. The van der Waals surface area contributed by atoms with Crippen molar-refractivity contribution in [3.05, 3.63) is 77.7 Å². The number of benzene rings is 1. The van der Waals surface area contributed by atoms with Gasteiger partial charge in [0.25, 0.3) is 0 Å². The zero-order chi connectivity index (χ0) is 27.9. The van der Waals surface area contributed by atoms with E-state index in [2.05, 4.69) is 31.0 Å². The number of rotatable bonds is 10. The Balaban J connectivity index is 1.57. The molecule has 0 amide bonds. The van der Waals surface area contributed by atoms with E-state index in [1.165, 1.54) is 35.3 Å². The maximum atomic E-state index is 14.3. The number of hydrogen-bond donors (Lipinski definition) is 3. The lowest BCUT2D eigenvalue weighted by atomic mass is 10.1. The molecule has 0 saturated heterocycles. The number of aliphatic hydroxyl groups excluding tert-OH is 2. The van der Waals surface area contributed by atoms with Crippen LogP contribution in [0.25, 0.3) is 16.6 Å². The lowest BCUT2D eigenvalue weighted by molar-refractivity contribution is 0.148. The van der Waals surface area contributed by atoms with Gasteiger partial charge < -0.3 is 25.4 Å². The van der Waals surface area contributed by atoms with Crippen molar-refractivity contribution < 1.29 is 24.1 Å². The summed E-state index contributed by atoms with van der Waals surface area (Å²) in [4.78, 5) is 16.5. The monoisotopic (exact) mass is 531 g/mol. The fourth-order valence-electron chi connectivity index (χ4n) is 3.60. The van der Waals surface area contributed by atoms with E-state index in [1.807, 2.05) is 0 Å². The highest BCUT2D eigenvalue weighted by Crippen LogP contribution is 2.29. The van der Waals surface area contributed by atoms with E-state index in [1.54, 1.807) is 32.3 Å². The number of halogens is 1. The third-order valence-corrected chi connectivity index (χ3v) is 5.60. The van der Waals surface area contributed by atoms with Gasteiger partial charge in [0.15, 0.2) is 11.4 Å². The Morgan fingerprint density at radius 1 is 1.13 bits per heavy atom. The predicted molar refractivity (Wildman–Crippen MR) is 142 cm³/mol. The molecule has 3 aromatic heterocycles. The molecule has 39 heavy (non-hydrogen) atoms. The number of nitrogens with zero attached hydrogens (tertiary/aromatic N) is 6. The molecule has 11 nitrogen and oxygen atoms in total. The minimum atomic E-state index is -0.716. The summed E-state index contributed by atoms with van der Waals surface area (Å²) >= 11 is 0. The molecule has 4 aromatic rings. The fraction of sp³-hybridized carbons (Fsp3) is 0.222. The van der Waals surface area contributed by atoms with Crippen LogP contribution in [-0.4, -0.2) is 53.1 Å². The molecule has 0 bridgehead atoms. The van der Waals surface area contributed by atoms with E-state index in [-0.39, 0.29) is 42.9 Å². The number of hydrogen-bond acceptors (Lipinski definition) is 10. The summed E-state index contributed by atoms with van der Waals surface area (Å²) in [7, 11) is 0. The van der Waals surface area contributed by atoms with Crippen molar-refractivity contribution in [2.75, 3.05) is 18.9 Å². The first-order chi connectivity index (χ1) is 18.8. The van der Waals surface area contributed by atoms with Gasteiger partial charge in [-0.15, -0.1) is 6.42 Å². The Morgan fingerprint density at radius 2 is 1.85 bits per heavy atom. The highest BCUT2D eigenvalue weighted by Gasteiger charge is 2.21. The molecule has 4 N–H and O–H groups in total. The topological polar surface area (TPSA) is 154 Å². The first-order valence-corrected chi connectivity index (χ1v) is 11.8. The molecule has 12 heteroatoms. The molecular weight excluding hydrogens is 505 g/mol. The standard InChI is InChI=1S/C27H26FN7O4/c1-4-21(39-23-8-19(28)7-22(9-23)38-14-18-10-30-17(3)31-11-18)6-5-16(2)25-24-26(29)32-15-33-27(24)35(34-25)20(12-36)13-37/h1,5-11,15,20,36-37H,12-14H2,2-3H3,(H2,29,32,33). The van der Waals surface area contributed by atoms with E-state index in [9.17, 15) is 14.6 Å². The number of fused-ring (bicyclic) bond motifs is 1. The molecule has 0 atom stereocenters. The number of allylic oxidation sites excluding steroid dienone is 4. The van der Waals surface area contributed by atoms with Crippen LogP contribution in [0.2, 0.25) is 0 Å². The van der Waals surface area contributed by atoms with Crippen LogP contribution in [0.1, 0.15) is 30.0 Å². The summed E-state index contributed by atoms with van der Waals surface area (Å²) in [5.41, 5.74) is 8.23. The Hall–Kier alpha value is -4.86. The molecule has 1 aromatic carbocycles. The molecule has 0 aliphatic carbocycles. The summed E-state index contributed by atoms with van der Waals surface area (Å²) in [5.74, 6) is 3.15. The van der Waals surface area contributed by atoms with Crippen molar-refractivity contribution in [1.82, 2.24) is 29.7 Å². The van der Waals surface area contributed by atoms with Crippen LogP contribution >= 0.6 is 0 Å². The number of nitrogens with two attached hydrogens (primary N) is 1. The molecule has 0 saturated carbocycles. The third kappa shape index (κ3) is 6.35. The van der Waals surface area contributed by atoms with E-state index in [0.717, 1.165) is 5.56 Å². The van der Waals surface area contributed by atoms with Crippen LogP contribution in [0.15, 0.2) is 54.8 Å². The van der Waals surface area contributed by atoms with Crippen molar-refractivity contribution in [3.63, 3.8) is 0 Å². The summed E-state index contributed by atoms with van der Waals surface area (Å²) in [6, 6.07) is 3.20. The van der Waals surface area contributed by atoms with Gasteiger partial charge in [-0.1, -0.05) is 6.08 Å². The molecule has 0 spiro atoms. The molecule has 0 aliphatic heterocycles. The molecule has 0 radical (unpaired) electrons. The first-order valence-electron chi connectivity index (χ1n) is 11.8. The van der Waals surface area contributed by atoms with Gasteiger partial charge in [0, 0.05) is 36.2 Å². The van der Waals surface area contributed by atoms with Crippen LogP contribution in [0.5, 0.6) is 11.5 Å². The van der Waals surface area contributed by atoms with E-state index >= 15 is 0 Å². The largest absolute Gasteiger partial charge is 0.489 e. The molecule has 0 unspecified atom stereocenters. The van der Waals surface area contributed by atoms with Crippen molar-refractivity contribution in [2.24, 2.45) is 0 Å². The second-order valence-electron chi connectivity index (χ2n) is 8.45. The summed E-state index contributed by atoms with van der Waals surface area (Å²) in [5, 5.41) is 24.3. The number of anilines is 1. The molecule has 3 heterocycles. The van der Waals surface area contributed by atoms with Gasteiger partial charge in [-0.3, -0.25) is 0 Å². The lowest BCUT2D eigenvalue weighted by Gasteiger charge is -2.11. The van der Waals surface area contributed by atoms with Crippen LogP contribution in [0, 0.1) is 25.1 Å². The maximum absolute atomic E-state index is 14.3. The first kappa shape index (κ1) is 27.2. The number of aryl methyl sites for hydroxylation is 1. The minimum Gasteiger partial charge on any atom is -0.489 e. The third-order valence-electron chi connectivity index (χ3n) is 5.60. The number of nitrogen functional groups attached to an aromatic ring is 1. The minimum absolute atomic E-state index is 0.0920. The Morgan fingerprint density at radius 3 is 2.54 bits per heavy atom. The van der Waals surface area contributed by atoms with Gasteiger partial charge in [0.2, 0.25) is 0 Å². The molecule has 4 rings (SSSR count). The zero-order valence-electron chi connectivity index (χ0n) is 21.2. The summed E-state index contributed by atoms with van der Waals surface area (Å²) in [6.07, 6.45) is 13.3. The quantitative estimate of drug-likeness (QED) is 0.158. The van der Waals surface area contributed by atoms with Gasteiger partial charge in [0.05, 0.1) is 18.6 Å². The van der Waals surface area contributed by atoms with Crippen LogP contribution in [0.3, 0.4) is 0 Å². The average molecular weight is 532 g/mol. The normalized spacial score (nSPS) is 12.1. The Labute approximate surface area is 223 Å².